The van der Waals surface area contributed by atoms with Crippen LogP contribution in [0, 0.1) is 0 Å². The van der Waals surface area contributed by atoms with Gasteiger partial charge in [0, 0.05) is 29.4 Å². The van der Waals surface area contributed by atoms with E-state index in [0.717, 1.165) is 25.7 Å². The number of hydrazine groups is 1. The average molecular weight is 276 g/mol. The summed E-state index contributed by atoms with van der Waals surface area (Å²) in [4.78, 5) is 6.97. The molecule has 3 N–H and O–H groups in total. The van der Waals surface area contributed by atoms with Crippen LogP contribution in [0.3, 0.4) is 0 Å². The third kappa shape index (κ3) is 2.36. The molecule has 0 fully saturated rings. The predicted octanol–water partition coefficient (Wildman–Crippen LogP) is 2.06. The molecule has 0 amide bonds. The lowest BCUT2D eigenvalue weighted by Gasteiger charge is -2.47. The Bertz CT molecular complexity index is 440. The number of pyridine rings is 1. The second-order valence-corrected chi connectivity index (χ2v) is 6.04. The first-order valence-electron chi connectivity index (χ1n) is 7.68. The number of aromatic nitrogens is 1. The van der Waals surface area contributed by atoms with Gasteiger partial charge in [0.25, 0.3) is 0 Å². The molecule has 112 valence electrons. The highest BCUT2D eigenvalue weighted by Gasteiger charge is 2.44. The summed E-state index contributed by atoms with van der Waals surface area (Å²) in [7, 11) is 4.32. The molecular weight excluding hydrogens is 248 g/mol. The van der Waals surface area contributed by atoms with Crippen LogP contribution in [0.25, 0.3) is 0 Å². The van der Waals surface area contributed by atoms with Gasteiger partial charge in [-0.1, -0.05) is 19.9 Å². The summed E-state index contributed by atoms with van der Waals surface area (Å²) >= 11 is 0. The molecule has 1 aliphatic rings. The van der Waals surface area contributed by atoms with E-state index < -0.39 is 0 Å². The molecule has 0 aromatic carbocycles. The van der Waals surface area contributed by atoms with Crippen molar-refractivity contribution in [2.45, 2.75) is 57.0 Å². The summed E-state index contributed by atoms with van der Waals surface area (Å²) in [5.74, 6) is 6.38. The summed E-state index contributed by atoms with van der Waals surface area (Å²) in [6.07, 6.45) is 6.30. The Morgan fingerprint density at radius 2 is 2.15 bits per heavy atom. The molecule has 0 saturated carbocycles. The van der Waals surface area contributed by atoms with Crippen LogP contribution in [0.1, 0.15) is 50.3 Å². The van der Waals surface area contributed by atoms with Gasteiger partial charge >= 0.3 is 0 Å². The highest BCUT2D eigenvalue weighted by atomic mass is 15.3. The van der Waals surface area contributed by atoms with Gasteiger partial charge in [0.1, 0.15) is 0 Å². The van der Waals surface area contributed by atoms with E-state index in [0.29, 0.717) is 5.92 Å². The third-order valence-electron chi connectivity index (χ3n) is 5.28. The first-order chi connectivity index (χ1) is 9.60. The maximum absolute atomic E-state index is 5.98. The second kappa shape index (κ2) is 6.20. The molecule has 2 atom stereocenters. The van der Waals surface area contributed by atoms with Crippen LogP contribution < -0.4 is 11.3 Å². The van der Waals surface area contributed by atoms with Gasteiger partial charge in [-0.2, -0.15) is 0 Å². The van der Waals surface area contributed by atoms with Crippen molar-refractivity contribution in [3.05, 3.63) is 29.6 Å². The van der Waals surface area contributed by atoms with E-state index in [1.807, 2.05) is 12.3 Å². The maximum atomic E-state index is 5.98. The van der Waals surface area contributed by atoms with E-state index >= 15 is 0 Å². The van der Waals surface area contributed by atoms with E-state index in [1.165, 1.54) is 11.3 Å². The minimum atomic E-state index is 0.0680. The van der Waals surface area contributed by atoms with Crippen molar-refractivity contribution in [3.63, 3.8) is 0 Å². The SMILES string of the molecule is CCC(CC)(C(NN)C1CCc2cccnc21)N(C)C. The maximum Gasteiger partial charge on any atom is 0.0483 e. The number of fused-ring (bicyclic) bond motifs is 1. The van der Waals surface area contributed by atoms with Gasteiger partial charge in [-0.25, -0.2) is 0 Å². The zero-order valence-corrected chi connectivity index (χ0v) is 13.2. The van der Waals surface area contributed by atoms with E-state index in [-0.39, 0.29) is 11.6 Å². The fraction of sp³-hybridized carbons (Fsp3) is 0.688. The Morgan fingerprint density at radius 1 is 1.45 bits per heavy atom. The molecule has 4 heteroatoms. The van der Waals surface area contributed by atoms with Crippen LogP contribution in [-0.4, -0.2) is 35.6 Å². The van der Waals surface area contributed by atoms with Crippen molar-refractivity contribution in [1.29, 1.82) is 0 Å². The summed E-state index contributed by atoms with van der Waals surface area (Å²) < 4.78 is 0. The number of rotatable bonds is 6. The van der Waals surface area contributed by atoms with Crippen LogP contribution in [0.5, 0.6) is 0 Å². The van der Waals surface area contributed by atoms with Gasteiger partial charge in [-0.05, 0) is 51.4 Å². The van der Waals surface area contributed by atoms with Crippen molar-refractivity contribution in [3.8, 4) is 0 Å². The highest BCUT2D eigenvalue weighted by Crippen LogP contribution is 2.40. The Labute approximate surface area is 122 Å². The quantitative estimate of drug-likeness (QED) is 0.617. The Morgan fingerprint density at radius 3 is 2.70 bits per heavy atom. The Hall–Kier alpha value is -0.970. The predicted molar refractivity (Wildman–Crippen MR) is 83.4 cm³/mol. The molecule has 4 nitrogen and oxygen atoms in total. The van der Waals surface area contributed by atoms with Crippen LogP contribution in [0.4, 0.5) is 0 Å². The van der Waals surface area contributed by atoms with Crippen LogP contribution in [-0.2, 0) is 6.42 Å². The standard InChI is InChI=1S/C16H28N4/c1-5-16(6-2,20(3)4)15(19-17)13-10-9-12-8-7-11-18-14(12)13/h7-8,11,13,15,19H,5-6,9-10,17H2,1-4H3. The van der Waals surface area contributed by atoms with E-state index in [4.69, 9.17) is 5.84 Å². The summed E-state index contributed by atoms with van der Waals surface area (Å²) in [5, 5.41) is 0. The summed E-state index contributed by atoms with van der Waals surface area (Å²) in [6.45, 7) is 4.50. The van der Waals surface area contributed by atoms with E-state index in [1.54, 1.807) is 0 Å². The van der Waals surface area contributed by atoms with Crippen molar-refractivity contribution in [2.24, 2.45) is 5.84 Å². The first-order valence-corrected chi connectivity index (χ1v) is 7.68. The summed E-state index contributed by atoms with van der Waals surface area (Å²) in [6, 6.07) is 4.46. The molecule has 20 heavy (non-hydrogen) atoms. The van der Waals surface area contributed by atoms with Gasteiger partial charge in [0.2, 0.25) is 0 Å². The van der Waals surface area contributed by atoms with Gasteiger partial charge in [0.15, 0.2) is 0 Å². The molecule has 1 aromatic rings. The van der Waals surface area contributed by atoms with Crippen molar-refractivity contribution in [1.82, 2.24) is 15.3 Å². The molecule has 1 aliphatic carbocycles. The molecule has 0 spiro atoms. The number of nitrogens with two attached hydrogens (primary N) is 1. The fourth-order valence-electron chi connectivity index (χ4n) is 4.01. The number of nitrogens with one attached hydrogen (secondary N) is 1. The van der Waals surface area contributed by atoms with Crippen LogP contribution >= 0.6 is 0 Å². The molecular formula is C16H28N4. The van der Waals surface area contributed by atoms with Crippen molar-refractivity contribution < 1.29 is 0 Å². The molecule has 0 aliphatic heterocycles. The monoisotopic (exact) mass is 276 g/mol. The normalized spacial score (nSPS) is 20.2. The Kier molecular flexibility index (Phi) is 4.78. The lowest BCUT2D eigenvalue weighted by molar-refractivity contribution is 0.0744. The zero-order chi connectivity index (χ0) is 14.8. The molecule has 1 aromatic heterocycles. The molecule has 0 bridgehead atoms. The molecule has 2 rings (SSSR count). The lowest BCUT2D eigenvalue weighted by Crippen LogP contribution is -2.62. The van der Waals surface area contributed by atoms with Gasteiger partial charge in [-0.15, -0.1) is 0 Å². The minimum absolute atomic E-state index is 0.0680. The zero-order valence-electron chi connectivity index (χ0n) is 13.2. The number of aryl methyl sites for hydroxylation is 1. The fourth-order valence-corrected chi connectivity index (χ4v) is 4.01. The lowest BCUT2D eigenvalue weighted by atomic mass is 9.76. The highest BCUT2D eigenvalue weighted by molar-refractivity contribution is 5.31. The van der Waals surface area contributed by atoms with Crippen LogP contribution in [0.2, 0.25) is 0 Å². The van der Waals surface area contributed by atoms with Gasteiger partial charge in [-0.3, -0.25) is 16.3 Å². The first kappa shape index (κ1) is 15.4. The smallest absolute Gasteiger partial charge is 0.0483 e. The third-order valence-corrected chi connectivity index (χ3v) is 5.28. The molecule has 0 radical (unpaired) electrons. The van der Waals surface area contributed by atoms with Gasteiger partial charge in [0.05, 0.1) is 0 Å². The number of hydrogen-bond acceptors (Lipinski definition) is 4. The minimum Gasteiger partial charge on any atom is -0.302 e. The van der Waals surface area contributed by atoms with Crippen molar-refractivity contribution >= 4 is 0 Å². The average Bonchev–Trinajstić information content (AvgIpc) is 2.88. The largest absolute Gasteiger partial charge is 0.302 e. The van der Waals surface area contributed by atoms with E-state index in [9.17, 15) is 0 Å². The van der Waals surface area contributed by atoms with Crippen LogP contribution in [0.15, 0.2) is 18.3 Å². The number of likely N-dealkylation sites (N-methyl/N-ethyl adjacent to an activating group) is 1. The second-order valence-electron chi connectivity index (χ2n) is 6.04. The van der Waals surface area contributed by atoms with Gasteiger partial charge < -0.3 is 4.90 Å². The number of hydrogen-bond donors (Lipinski definition) is 2. The topological polar surface area (TPSA) is 54.2 Å². The number of nitrogens with zero attached hydrogens (tertiary/aromatic N) is 2. The summed E-state index contributed by atoms with van der Waals surface area (Å²) in [5.41, 5.74) is 5.82. The Balaban J connectivity index is 2.38. The van der Waals surface area contributed by atoms with E-state index in [2.05, 4.69) is 49.3 Å². The molecule has 0 saturated heterocycles. The molecule has 2 unspecified atom stereocenters. The molecule has 1 heterocycles. The van der Waals surface area contributed by atoms with Crippen molar-refractivity contribution in [2.75, 3.05) is 14.1 Å².